The van der Waals surface area contributed by atoms with Crippen molar-refractivity contribution in [3.05, 3.63) is 54.1 Å². The van der Waals surface area contributed by atoms with Gasteiger partial charge in [-0.3, -0.25) is 0 Å². The van der Waals surface area contributed by atoms with Crippen LogP contribution in [-0.2, 0) is 0 Å². The molecule has 0 saturated heterocycles. The highest BCUT2D eigenvalue weighted by molar-refractivity contribution is 6.27. The molecule has 0 fully saturated rings. The second-order valence-electron chi connectivity index (χ2n) is 2.40. The second kappa shape index (κ2) is 9.08. The topological polar surface area (TPSA) is 0 Å². The molecule has 0 nitrogen and oxygen atoms in total. The number of allylic oxidation sites excluding steroid dienone is 1. The molecule has 1 heteroatoms. The molecule has 0 aliphatic rings. The van der Waals surface area contributed by atoms with Gasteiger partial charge in [0.05, 0.1) is 0 Å². The van der Waals surface area contributed by atoms with E-state index in [1.54, 1.807) is 0 Å². The third-order valence-corrected chi connectivity index (χ3v) is 1.47. The van der Waals surface area contributed by atoms with E-state index in [0.29, 0.717) is 0 Å². The maximum absolute atomic E-state index is 5.36. The molecule has 0 radical (unpaired) electrons. The molecule has 0 aromatic heterocycles. The van der Waals surface area contributed by atoms with Gasteiger partial charge in [0, 0.05) is 5.54 Å². The minimum Gasteiger partial charge on any atom is -0.103 e. The van der Waals surface area contributed by atoms with Gasteiger partial charge in [-0.15, -0.1) is 6.58 Å². The summed E-state index contributed by atoms with van der Waals surface area (Å²) < 4.78 is 0. The van der Waals surface area contributed by atoms with Gasteiger partial charge >= 0.3 is 0 Å². The van der Waals surface area contributed by atoms with Crippen molar-refractivity contribution in [3.8, 4) is 0 Å². The molecule has 13 heavy (non-hydrogen) atoms. The van der Waals surface area contributed by atoms with Crippen LogP contribution in [0.3, 0.4) is 0 Å². The quantitative estimate of drug-likeness (QED) is 0.609. The van der Waals surface area contributed by atoms with E-state index in [4.69, 9.17) is 11.6 Å². The zero-order valence-corrected chi connectivity index (χ0v) is 8.67. The molecule has 0 amide bonds. The van der Waals surface area contributed by atoms with E-state index in [1.165, 1.54) is 5.54 Å². The van der Waals surface area contributed by atoms with Crippen LogP contribution in [0.25, 0.3) is 6.08 Å². The van der Waals surface area contributed by atoms with E-state index < -0.39 is 0 Å². The highest BCUT2D eigenvalue weighted by Gasteiger charge is 1.78. The molecule has 70 valence electrons. The van der Waals surface area contributed by atoms with Crippen LogP contribution in [0.5, 0.6) is 0 Å². The van der Waals surface area contributed by atoms with E-state index in [2.05, 4.69) is 13.5 Å². The molecule has 1 rings (SSSR count). The standard InChI is InChI=1S/C8H7Cl.C4H8/c9-7-6-8-4-2-1-3-5-8;1-3-4-2/h1-7H;3H,1,4H2,2H3/b7-6+;. The molecule has 0 unspecified atom stereocenters. The molecular formula is C12H15Cl. The summed E-state index contributed by atoms with van der Waals surface area (Å²) in [6, 6.07) is 9.93. The smallest absolute Gasteiger partial charge is 0.00484 e. The molecule has 1 aromatic rings. The number of hydrogen-bond donors (Lipinski definition) is 0. The van der Waals surface area contributed by atoms with Crippen LogP contribution in [0.1, 0.15) is 18.9 Å². The van der Waals surface area contributed by atoms with Crippen molar-refractivity contribution in [2.75, 3.05) is 0 Å². The molecule has 0 saturated carbocycles. The predicted octanol–water partition coefficient (Wildman–Crippen LogP) is 4.48. The number of benzene rings is 1. The zero-order valence-electron chi connectivity index (χ0n) is 7.91. The average Bonchev–Trinajstić information content (AvgIpc) is 2.20. The van der Waals surface area contributed by atoms with Crippen LogP contribution in [0, 0.1) is 0 Å². The Bertz CT molecular complexity index is 237. The summed E-state index contributed by atoms with van der Waals surface area (Å²) in [7, 11) is 0. The van der Waals surface area contributed by atoms with Crippen molar-refractivity contribution in [3.63, 3.8) is 0 Å². The fraction of sp³-hybridized carbons (Fsp3) is 0.167. The Morgan fingerprint density at radius 3 is 2.23 bits per heavy atom. The molecule has 0 heterocycles. The molecule has 0 atom stereocenters. The lowest BCUT2D eigenvalue weighted by molar-refractivity contribution is 1.23. The first kappa shape index (κ1) is 12.0. The Morgan fingerprint density at radius 2 is 1.85 bits per heavy atom. The van der Waals surface area contributed by atoms with Crippen LogP contribution in [0.2, 0.25) is 0 Å². The molecule has 0 spiro atoms. The third-order valence-electron chi connectivity index (χ3n) is 1.34. The molecule has 0 aliphatic carbocycles. The van der Waals surface area contributed by atoms with Gasteiger partial charge in [0.15, 0.2) is 0 Å². The number of halogens is 1. The first-order valence-electron chi connectivity index (χ1n) is 4.27. The lowest BCUT2D eigenvalue weighted by Crippen LogP contribution is -1.64. The summed E-state index contributed by atoms with van der Waals surface area (Å²) in [5, 5.41) is 0. The average molecular weight is 195 g/mol. The molecular weight excluding hydrogens is 180 g/mol. The van der Waals surface area contributed by atoms with Gasteiger partial charge in [0.2, 0.25) is 0 Å². The van der Waals surface area contributed by atoms with E-state index in [9.17, 15) is 0 Å². The predicted molar refractivity (Wildman–Crippen MR) is 61.8 cm³/mol. The SMILES string of the molecule is C=CCC.Cl/C=C/c1ccccc1. The second-order valence-corrected chi connectivity index (χ2v) is 2.65. The Labute approximate surface area is 85.6 Å². The van der Waals surface area contributed by atoms with Crippen LogP contribution in [0.4, 0.5) is 0 Å². The highest BCUT2D eigenvalue weighted by Crippen LogP contribution is 2.00. The monoisotopic (exact) mass is 194 g/mol. The Balaban J connectivity index is 0.000000310. The van der Waals surface area contributed by atoms with Crippen LogP contribution in [-0.4, -0.2) is 0 Å². The Morgan fingerprint density at radius 1 is 1.31 bits per heavy atom. The summed E-state index contributed by atoms with van der Waals surface area (Å²) in [5.41, 5.74) is 2.64. The van der Waals surface area contributed by atoms with Gasteiger partial charge in [0.25, 0.3) is 0 Å². The maximum Gasteiger partial charge on any atom is 0.00484 e. The van der Waals surface area contributed by atoms with Crippen LogP contribution >= 0.6 is 11.6 Å². The fourth-order valence-electron chi connectivity index (χ4n) is 0.637. The van der Waals surface area contributed by atoms with Gasteiger partial charge < -0.3 is 0 Å². The largest absolute Gasteiger partial charge is 0.103 e. The maximum atomic E-state index is 5.36. The third kappa shape index (κ3) is 7.35. The van der Waals surface area contributed by atoms with Gasteiger partial charge in [-0.2, -0.15) is 0 Å². The van der Waals surface area contributed by atoms with Crippen molar-refractivity contribution in [1.82, 2.24) is 0 Å². The van der Waals surface area contributed by atoms with Gasteiger partial charge in [-0.25, -0.2) is 0 Å². The number of hydrogen-bond acceptors (Lipinski definition) is 0. The summed E-state index contributed by atoms with van der Waals surface area (Å²) in [5.74, 6) is 0. The van der Waals surface area contributed by atoms with E-state index in [1.807, 2.05) is 42.5 Å². The lowest BCUT2D eigenvalue weighted by Gasteiger charge is -1.86. The molecule has 0 bridgehead atoms. The van der Waals surface area contributed by atoms with Crippen molar-refractivity contribution < 1.29 is 0 Å². The van der Waals surface area contributed by atoms with Gasteiger partial charge in [0.1, 0.15) is 0 Å². The van der Waals surface area contributed by atoms with Gasteiger partial charge in [-0.05, 0) is 18.1 Å². The van der Waals surface area contributed by atoms with Crippen molar-refractivity contribution in [2.24, 2.45) is 0 Å². The molecule has 0 N–H and O–H groups in total. The van der Waals surface area contributed by atoms with Crippen LogP contribution in [0.15, 0.2) is 48.5 Å². The van der Waals surface area contributed by atoms with E-state index in [-0.39, 0.29) is 0 Å². The Kier molecular flexibility index (Phi) is 8.38. The number of rotatable bonds is 2. The van der Waals surface area contributed by atoms with E-state index >= 15 is 0 Å². The minimum atomic E-state index is 1.08. The van der Waals surface area contributed by atoms with E-state index in [0.717, 1.165) is 12.0 Å². The summed E-state index contributed by atoms with van der Waals surface area (Å²) in [6.07, 6.45) is 4.81. The molecule has 0 aliphatic heterocycles. The fourth-order valence-corrected chi connectivity index (χ4v) is 0.782. The first-order valence-corrected chi connectivity index (χ1v) is 4.71. The molecule has 1 aromatic carbocycles. The van der Waals surface area contributed by atoms with Crippen molar-refractivity contribution in [1.29, 1.82) is 0 Å². The van der Waals surface area contributed by atoms with Crippen molar-refractivity contribution >= 4 is 17.7 Å². The first-order chi connectivity index (χ1) is 6.35. The summed E-state index contributed by atoms with van der Waals surface area (Å²) >= 11 is 5.36. The summed E-state index contributed by atoms with van der Waals surface area (Å²) in [4.78, 5) is 0. The zero-order chi connectivity index (χ0) is 9.94. The lowest BCUT2D eigenvalue weighted by atomic mass is 10.2. The minimum absolute atomic E-state index is 1.08. The van der Waals surface area contributed by atoms with Crippen molar-refractivity contribution in [2.45, 2.75) is 13.3 Å². The normalized spacial score (nSPS) is 9.08. The van der Waals surface area contributed by atoms with Crippen LogP contribution < -0.4 is 0 Å². The Hall–Kier alpha value is -1.01. The van der Waals surface area contributed by atoms with Gasteiger partial charge in [-0.1, -0.05) is 54.9 Å². The summed E-state index contributed by atoms with van der Waals surface area (Å²) in [6.45, 7) is 5.54. The highest BCUT2D eigenvalue weighted by atomic mass is 35.5.